The van der Waals surface area contributed by atoms with Crippen molar-refractivity contribution in [1.29, 1.82) is 0 Å². The highest BCUT2D eigenvalue weighted by molar-refractivity contribution is 7.91. The molecule has 1 fully saturated rings. The first-order valence-electron chi connectivity index (χ1n) is 12.9. The predicted molar refractivity (Wildman–Crippen MR) is 149 cm³/mol. The number of anilines is 1. The molecule has 0 spiro atoms. The zero-order valence-electron chi connectivity index (χ0n) is 22.0. The quantitative estimate of drug-likeness (QED) is 0.239. The molecule has 0 radical (unpaired) electrons. The third-order valence-electron chi connectivity index (χ3n) is 7.48. The van der Waals surface area contributed by atoms with Crippen molar-refractivity contribution >= 4 is 44.4 Å². The number of imidazole rings is 1. The summed E-state index contributed by atoms with van der Waals surface area (Å²) in [7, 11) is -1.41. The SMILES string of the molecule is Cc1noc(C)c1-c1ccc2c(c1)nc([C@H](CCC=O)N(C)c1ccc(Cl)c(F)c1)n2C1CCCS(=O)(=O)C1. The van der Waals surface area contributed by atoms with E-state index in [1.54, 1.807) is 6.07 Å². The number of hydrogen-bond donors (Lipinski definition) is 0. The summed E-state index contributed by atoms with van der Waals surface area (Å²) in [5.41, 5.74) is 4.60. The number of aromatic nitrogens is 3. The molecule has 4 aromatic rings. The van der Waals surface area contributed by atoms with Crippen LogP contribution in [0.5, 0.6) is 0 Å². The van der Waals surface area contributed by atoms with Crippen LogP contribution < -0.4 is 4.90 Å². The number of benzene rings is 2. The first-order valence-corrected chi connectivity index (χ1v) is 15.1. The molecule has 2 aromatic heterocycles. The fourth-order valence-electron chi connectivity index (χ4n) is 5.60. The van der Waals surface area contributed by atoms with Gasteiger partial charge < -0.3 is 18.8 Å². The molecule has 0 saturated carbocycles. The Morgan fingerprint density at radius 1 is 1.26 bits per heavy atom. The van der Waals surface area contributed by atoms with Crippen LogP contribution >= 0.6 is 11.6 Å². The third-order valence-corrected chi connectivity index (χ3v) is 9.59. The van der Waals surface area contributed by atoms with Crippen LogP contribution in [0.15, 0.2) is 40.9 Å². The number of carbonyl (C=O) groups is 1. The van der Waals surface area contributed by atoms with Gasteiger partial charge in [0.2, 0.25) is 0 Å². The van der Waals surface area contributed by atoms with Gasteiger partial charge in [0.15, 0.2) is 9.84 Å². The van der Waals surface area contributed by atoms with E-state index in [0.717, 1.165) is 28.6 Å². The van der Waals surface area contributed by atoms with Crippen molar-refractivity contribution in [2.75, 3.05) is 23.5 Å². The lowest BCUT2D eigenvalue weighted by molar-refractivity contribution is -0.108. The van der Waals surface area contributed by atoms with E-state index in [0.29, 0.717) is 42.1 Å². The minimum atomic E-state index is -3.23. The van der Waals surface area contributed by atoms with Gasteiger partial charge in [-0.1, -0.05) is 22.8 Å². The van der Waals surface area contributed by atoms with Gasteiger partial charge in [-0.2, -0.15) is 0 Å². The highest BCUT2D eigenvalue weighted by Gasteiger charge is 2.33. The lowest BCUT2D eigenvalue weighted by atomic mass is 10.0. The molecule has 2 aromatic carbocycles. The molecule has 8 nitrogen and oxygen atoms in total. The molecule has 11 heteroatoms. The number of aldehydes is 1. The predicted octanol–water partition coefficient (Wildman–Crippen LogP) is 6.01. The van der Waals surface area contributed by atoms with Crippen LogP contribution in [-0.2, 0) is 14.6 Å². The molecule has 1 aliphatic rings. The van der Waals surface area contributed by atoms with Crippen LogP contribution in [0.25, 0.3) is 22.2 Å². The van der Waals surface area contributed by atoms with Crippen LogP contribution in [0.1, 0.15) is 55.0 Å². The summed E-state index contributed by atoms with van der Waals surface area (Å²) in [4.78, 5) is 18.4. The Kier molecular flexibility index (Phi) is 7.52. The monoisotopic (exact) mass is 572 g/mol. The second-order valence-corrected chi connectivity index (χ2v) is 12.8. The molecule has 2 atom stereocenters. The fourth-order valence-corrected chi connectivity index (χ4v) is 7.39. The minimum Gasteiger partial charge on any atom is -0.364 e. The molecule has 206 valence electrons. The molecule has 5 rings (SSSR count). The zero-order valence-corrected chi connectivity index (χ0v) is 23.6. The van der Waals surface area contributed by atoms with Crippen LogP contribution in [-0.4, -0.2) is 48.0 Å². The maximum Gasteiger partial charge on any atom is 0.152 e. The lowest BCUT2D eigenvalue weighted by Crippen LogP contribution is -2.32. The summed E-state index contributed by atoms with van der Waals surface area (Å²) in [5.74, 6) is 0.948. The van der Waals surface area contributed by atoms with Crippen molar-refractivity contribution in [3.05, 3.63) is 64.5 Å². The van der Waals surface area contributed by atoms with E-state index in [1.807, 2.05) is 48.6 Å². The van der Waals surface area contributed by atoms with Crippen molar-refractivity contribution in [2.24, 2.45) is 0 Å². The topological polar surface area (TPSA) is 98.3 Å². The second-order valence-electron chi connectivity index (χ2n) is 10.1. The highest BCUT2D eigenvalue weighted by atomic mass is 35.5. The van der Waals surface area contributed by atoms with Gasteiger partial charge in [-0.05, 0) is 69.0 Å². The van der Waals surface area contributed by atoms with E-state index in [4.69, 9.17) is 21.1 Å². The molecule has 0 amide bonds. The molecular formula is C28H30ClFN4O4S. The van der Waals surface area contributed by atoms with E-state index in [2.05, 4.69) is 5.16 Å². The average molecular weight is 573 g/mol. The molecule has 0 bridgehead atoms. The van der Waals surface area contributed by atoms with Gasteiger partial charge in [0.1, 0.15) is 23.7 Å². The summed E-state index contributed by atoms with van der Waals surface area (Å²) >= 11 is 5.93. The molecule has 1 aliphatic heterocycles. The number of sulfone groups is 1. The maximum absolute atomic E-state index is 14.4. The lowest BCUT2D eigenvalue weighted by Gasteiger charge is -2.33. The summed E-state index contributed by atoms with van der Waals surface area (Å²) in [6, 6.07) is 9.68. The molecular weight excluding hydrogens is 543 g/mol. The Hall–Kier alpha value is -3.24. The maximum atomic E-state index is 14.4. The first kappa shape index (κ1) is 27.3. The Morgan fingerprint density at radius 3 is 2.72 bits per heavy atom. The van der Waals surface area contributed by atoms with E-state index < -0.39 is 21.7 Å². The van der Waals surface area contributed by atoms with E-state index in [9.17, 15) is 17.6 Å². The van der Waals surface area contributed by atoms with Crippen molar-refractivity contribution in [1.82, 2.24) is 14.7 Å². The largest absolute Gasteiger partial charge is 0.364 e. The van der Waals surface area contributed by atoms with Crippen molar-refractivity contribution < 1.29 is 22.1 Å². The van der Waals surface area contributed by atoms with E-state index >= 15 is 0 Å². The number of rotatable bonds is 8. The molecule has 39 heavy (non-hydrogen) atoms. The van der Waals surface area contributed by atoms with Crippen LogP contribution in [0, 0.1) is 19.7 Å². The number of carbonyl (C=O) groups excluding carboxylic acids is 1. The average Bonchev–Trinajstić information content (AvgIpc) is 3.43. The Labute approximate surface area is 231 Å². The van der Waals surface area contributed by atoms with Gasteiger partial charge in [-0.15, -0.1) is 0 Å². The smallest absolute Gasteiger partial charge is 0.152 e. The van der Waals surface area contributed by atoms with Crippen LogP contribution in [0.2, 0.25) is 5.02 Å². The molecule has 1 unspecified atom stereocenters. The summed E-state index contributed by atoms with van der Waals surface area (Å²) in [5, 5.41) is 4.09. The van der Waals surface area contributed by atoms with E-state index in [-0.39, 0.29) is 29.0 Å². The summed E-state index contributed by atoms with van der Waals surface area (Å²) < 4.78 is 47.2. The first-order chi connectivity index (χ1) is 18.6. The third kappa shape index (κ3) is 5.32. The number of aryl methyl sites for hydroxylation is 2. The van der Waals surface area contributed by atoms with Crippen molar-refractivity contribution in [3.8, 4) is 11.1 Å². The Morgan fingerprint density at radius 2 is 2.05 bits per heavy atom. The van der Waals surface area contributed by atoms with Gasteiger partial charge >= 0.3 is 0 Å². The number of fused-ring (bicyclic) bond motifs is 1. The molecule has 0 N–H and O–H groups in total. The summed E-state index contributed by atoms with van der Waals surface area (Å²) in [6.07, 6.45) is 2.74. The fraction of sp³-hybridized carbons (Fsp3) is 0.393. The Balaban J connectivity index is 1.70. The number of hydrogen-bond acceptors (Lipinski definition) is 7. The van der Waals surface area contributed by atoms with Gasteiger partial charge in [-0.3, -0.25) is 0 Å². The summed E-state index contributed by atoms with van der Waals surface area (Å²) in [6.45, 7) is 3.73. The van der Waals surface area contributed by atoms with Gasteiger partial charge in [0.25, 0.3) is 0 Å². The van der Waals surface area contributed by atoms with Gasteiger partial charge in [-0.25, -0.2) is 17.8 Å². The van der Waals surface area contributed by atoms with Crippen molar-refractivity contribution in [2.45, 2.75) is 51.6 Å². The minimum absolute atomic E-state index is 0.0107. The normalized spacial score (nSPS) is 17.8. The molecule has 0 aliphatic carbocycles. The standard InChI is InChI=1S/C28H30ClFN4O4S/c1-17-27(18(2)38-32-17)19-8-11-25-24(14-19)31-28(34(25)21-6-5-13-39(36,37)16-21)26(7-4-12-35)33(3)20-9-10-22(29)23(30)15-20/h8-12,14-15,21,26H,4-7,13,16H2,1-3H3/t21?,26-/m0/s1. The van der Waals surface area contributed by atoms with Crippen molar-refractivity contribution in [3.63, 3.8) is 0 Å². The van der Waals surface area contributed by atoms with Gasteiger partial charge in [0, 0.05) is 30.8 Å². The number of halogens is 2. The molecule has 3 heterocycles. The Bertz CT molecular complexity index is 1630. The van der Waals surface area contributed by atoms with E-state index in [1.165, 1.54) is 12.1 Å². The number of nitrogens with zero attached hydrogens (tertiary/aromatic N) is 4. The van der Waals surface area contributed by atoms with Crippen LogP contribution in [0.3, 0.4) is 0 Å². The zero-order chi connectivity index (χ0) is 27.9. The highest BCUT2D eigenvalue weighted by Crippen LogP contribution is 2.38. The second kappa shape index (κ2) is 10.7. The molecule has 1 saturated heterocycles. The van der Waals surface area contributed by atoms with Crippen LogP contribution in [0.4, 0.5) is 10.1 Å². The van der Waals surface area contributed by atoms with Gasteiger partial charge in [0.05, 0.1) is 39.3 Å².